The highest BCUT2D eigenvalue weighted by molar-refractivity contribution is 4.83. The molecule has 1 aliphatic heterocycles. The molecule has 1 N–H and O–H groups in total. The van der Waals surface area contributed by atoms with Crippen molar-refractivity contribution in [3.8, 4) is 0 Å². The smallest absolute Gasteiger partial charge is 0.393 e. The minimum atomic E-state index is -3.93. The molecule has 0 aromatic rings. The molecule has 6 heteroatoms. The van der Waals surface area contributed by atoms with E-state index in [0.717, 1.165) is 6.92 Å². The number of ether oxygens (including phenoxy) is 2. The molecule has 0 aromatic heterocycles. The fourth-order valence-corrected chi connectivity index (χ4v) is 0.691. The quantitative estimate of drug-likeness (QED) is 0.630. The van der Waals surface area contributed by atoms with Crippen LogP contribution in [-0.4, -0.2) is 30.0 Å². The van der Waals surface area contributed by atoms with E-state index in [2.05, 4.69) is 9.47 Å². The SMILES string of the molecule is CC1(CO)OC(F)(F)OC1F. The fourth-order valence-electron chi connectivity index (χ4n) is 0.691. The zero-order valence-electron chi connectivity index (χ0n) is 5.68. The monoisotopic (exact) mass is 172 g/mol. The van der Waals surface area contributed by atoms with Gasteiger partial charge in [0.1, 0.15) is 0 Å². The van der Waals surface area contributed by atoms with Crippen LogP contribution in [0.2, 0.25) is 0 Å². The van der Waals surface area contributed by atoms with Crippen LogP contribution in [-0.2, 0) is 9.47 Å². The predicted molar refractivity (Wildman–Crippen MR) is 27.5 cm³/mol. The van der Waals surface area contributed by atoms with Gasteiger partial charge in [-0.1, -0.05) is 0 Å². The van der Waals surface area contributed by atoms with Crippen LogP contribution in [0.4, 0.5) is 13.2 Å². The minimum absolute atomic E-state index is 0.857. The van der Waals surface area contributed by atoms with Gasteiger partial charge in [-0.25, -0.2) is 4.39 Å². The third-order valence-electron chi connectivity index (χ3n) is 1.39. The second-order valence-electron chi connectivity index (χ2n) is 2.47. The number of aliphatic hydroxyl groups is 1. The maximum Gasteiger partial charge on any atom is 0.488 e. The highest BCUT2D eigenvalue weighted by Gasteiger charge is 2.57. The molecule has 0 spiro atoms. The van der Waals surface area contributed by atoms with Gasteiger partial charge in [0, 0.05) is 0 Å². The average molecular weight is 172 g/mol. The van der Waals surface area contributed by atoms with Crippen LogP contribution in [0.1, 0.15) is 6.92 Å². The van der Waals surface area contributed by atoms with Gasteiger partial charge in [-0.2, -0.15) is 0 Å². The first-order chi connectivity index (χ1) is 4.90. The van der Waals surface area contributed by atoms with Crippen LogP contribution in [0.5, 0.6) is 0 Å². The van der Waals surface area contributed by atoms with Crippen LogP contribution in [0.15, 0.2) is 0 Å². The Kier molecular flexibility index (Phi) is 1.85. The molecule has 0 saturated carbocycles. The Morgan fingerprint density at radius 3 is 2.27 bits per heavy atom. The maximum absolute atomic E-state index is 12.5. The fraction of sp³-hybridized carbons (Fsp3) is 1.00. The number of hydrogen-bond acceptors (Lipinski definition) is 3. The first-order valence-corrected chi connectivity index (χ1v) is 2.90. The summed E-state index contributed by atoms with van der Waals surface area (Å²) < 4.78 is 43.9. The van der Waals surface area contributed by atoms with Gasteiger partial charge in [0.15, 0.2) is 5.60 Å². The molecule has 3 nitrogen and oxygen atoms in total. The molecule has 0 bridgehead atoms. The van der Waals surface area contributed by atoms with E-state index < -0.39 is 24.9 Å². The molecule has 66 valence electrons. The molecule has 0 aliphatic carbocycles. The summed E-state index contributed by atoms with van der Waals surface area (Å²) >= 11 is 0. The van der Waals surface area contributed by atoms with Gasteiger partial charge in [-0.15, -0.1) is 8.78 Å². The van der Waals surface area contributed by atoms with Crippen molar-refractivity contribution in [2.75, 3.05) is 6.61 Å². The number of alkyl halides is 3. The minimum Gasteiger partial charge on any atom is -0.393 e. The maximum atomic E-state index is 12.5. The van der Waals surface area contributed by atoms with Gasteiger partial charge in [-0.3, -0.25) is 9.47 Å². The van der Waals surface area contributed by atoms with Gasteiger partial charge in [0.05, 0.1) is 6.61 Å². The van der Waals surface area contributed by atoms with Crippen molar-refractivity contribution in [2.24, 2.45) is 0 Å². The molecule has 1 saturated heterocycles. The standard InChI is InChI=1S/C5H7F3O3/c1-4(2-9)3(6)10-5(7,8)11-4/h3,9H,2H2,1H3. The summed E-state index contributed by atoms with van der Waals surface area (Å²) in [5, 5.41) is 8.45. The summed E-state index contributed by atoms with van der Waals surface area (Å²) in [7, 11) is 0. The number of rotatable bonds is 1. The molecule has 1 fully saturated rings. The first-order valence-electron chi connectivity index (χ1n) is 2.90. The van der Waals surface area contributed by atoms with Crippen LogP contribution in [0, 0.1) is 0 Å². The highest BCUT2D eigenvalue weighted by Crippen LogP contribution is 2.38. The molecule has 0 radical (unpaired) electrons. The molecule has 2 atom stereocenters. The lowest BCUT2D eigenvalue weighted by Gasteiger charge is -2.19. The normalized spacial score (nSPS) is 42.8. The Bertz CT molecular complexity index is 163. The second kappa shape index (κ2) is 2.33. The molecule has 0 aromatic carbocycles. The Labute approximate surface area is 60.7 Å². The molecule has 0 amide bonds. The third kappa shape index (κ3) is 1.47. The van der Waals surface area contributed by atoms with Crippen molar-refractivity contribution in [1.82, 2.24) is 0 Å². The lowest BCUT2D eigenvalue weighted by atomic mass is 10.1. The van der Waals surface area contributed by atoms with E-state index in [1.165, 1.54) is 0 Å². The van der Waals surface area contributed by atoms with Crippen molar-refractivity contribution >= 4 is 0 Å². The zero-order valence-corrected chi connectivity index (χ0v) is 5.68. The molecular formula is C5H7F3O3. The van der Waals surface area contributed by atoms with E-state index in [1.807, 2.05) is 0 Å². The van der Waals surface area contributed by atoms with E-state index in [4.69, 9.17) is 5.11 Å². The molecule has 11 heavy (non-hydrogen) atoms. The van der Waals surface area contributed by atoms with Crippen LogP contribution >= 0.6 is 0 Å². The number of halogens is 3. The summed E-state index contributed by atoms with van der Waals surface area (Å²) in [6, 6.07) is 0. The summed E-state index contributed by atoms with van der Waals surface area (Å²) in [6.07, 6.45) is -6.24. The summed E-state index contributed by atoms with van der Waals surface area (Å²) in [5.74, 6) is 0. The molecule has 1 heterocycles. The van der Waals surface area contributed by atoms with Gasteiger partial charge >= 0.3 is 6.29 Å². The van der Waals surface area contributed by atoms with Gasteiger partial charge in [0.25, 0.3) is 0 Å². The summed E-state index contributed by atoms with van der Waals surface area (Å²) in [4.78, 5) is 0. The Balaban J connectivity index is 2.73. The van der Waals surface area contributed by atoms with E-state index >= 15 is 0 Å². The largest absolute Gasteiger partial charge is 0.488 e. The molecular weight excluding hydrogens is 165 g/mol. The number of aliphatic hydroxyl groups excluding tert-OH is 1. The van der Waals surface area contributed by atoms with E-state index in [-0.39, 0.29) is 0 Å². The van der Waals surface area contributed by atoms with Crippen LogP contribution in [0.25, 0.3) is 0 Å². The van der Waals surface area contributed by atoms with Crippen molar-refractivity contribution in [3.63, 3.8) is 0 Å². The number of hydrogen-bond donors (Lipinski definition) is 1. The Morgan fingerprint density at radius 2 is 2.09 bits per heavy atom. The van der Waals surface area contributed by atoms with Crippen LogP contribution < -0.4 is 0 Å². The molecule has 2 unspecified atom stereocenters. The van der Waals surface area contributed by atoms with Gasteiger partial charge in [0.2, 0.25) is 6.36 Å². The van der Waals surface area contributed by atoms with E-state index in [1.54, 1.807) is 0 Å². The predicted octanol–water partition coefficient (Wildman–Crippen LogP) is 0.630. The highest BCUT2D eigenvalue weighted by atomic mass is 19.3. The van der Waals surface area contributed by atoms with Crippen molar-refractivity contribution in [3.05, 3.63) is 0 Å². The molecule has 1 aliphatic rings. The van der Waals surface area contributed by atoms with Crippen molar-refractivity contribution in [1.29, 1.82) is 0 Å². The Hall–Kier alpha value is -0.330. The van der Waals surface area contributed by atoms with Crippen molar-refractivity contribution < 1.29 is 27.8 Å². The van der Waals surface area contributed by atoms with Gasteiger partial charge < -0.3 is 5.11 Å². The average Bonchev–Trinajstić information content (AvgIpc) is 2.03. The lowest BCUT2D eigenvalue weighted by Crippen LogP contribution is -2.38. The van der Waals surface area contributed by atoms with Gasteiger partial charge in [-0.05, 0) is 6.92 Å². The van der Waals surface area contributed by atoms with Crippen LogP contribution in [0.3, 0.4) is 0 Å². The van der Waals surface area contributed by atoms with E-state index in [9.17, 15) is 13.2 Å². The van der Waals surface area contributed by atoms with E-state index in [0.29, 0.717) is 0 Å². The second-order valence-corrected chi connectivity index (χ2v) is 2.47. The Morgan fingerprint density at radius 1 is 1.55 bits per heavy atom. The summed E-state index contributed by atoms with van der Waals surface area (Å²) in [5.41, 5.74) is -1.95. The first kappa shape index (κ1) is 8.76. The molecule has 1 rings (SSSR count). The summed E-state index contributed by atoms with van der Waals surface area (Å²) in [6.45, 7) is 0.141. The van der Waals surface area contributed by atoms with Crippen molar-refractivity contribution in [2.45, 2.75) is 25.2 Å². The zero-order chi connectivity index (χ0) is 8.70. The topological polar surface area (TPSA) is 38.7 Å². The lowest BCUT2D eigenvalue weighted by molar-refractivity contribution is -0.362. The third-order valence-corrected chi connectivity index (χ3v) is 1.39.